The molecule has 0 aliphatic heterocycles. The third kappa shape index (κ3) is 6.74. The van der Waals surface area contributed by atoms with Crippen molar-refractivity contribution in [3.8, 4) is 0 Å². The second-order valence-corrected chi connectivity index (χ2v) is 8.03. The average Bonchev–Trinajstić information content (AvgIpc) is 2.42. The molecule has 1 aromatic rings. The zero-order chi connectivity index (χ0) is 19.5. The predicted octanol–water partition coefficient (Wildman–Crippen LogP) is 3.13. The lowest BCUT2D eigenvalue weighted by Gasteiger charge is -2.33. The SMILES string of the molecule is CC(C)(C)OC(=O)N[C@H](C(=O)OC(C)(C)c1ccccc1)C(C)(C)O. The van der Waals surface area contributed by atoms with E-state index >= 15 is 0 Å². The van der Waals surface area contributed by atoms with Crippen LogP contribution in [0.15, 0.2) is 30.3 Å². The van der Waals surface area contributed by atoms with Crippen molar-refractivity contribution in [1.82, 2.24) is 5.32 Å². The summed E-state index contributed by atoms with van der Waals surface area (Å²) in [4.78, 5) is 24.6. The number of esters is 1. The molecule has 0 heterocycles. The molecule has 0 radical (unpaired) electrons. The molecular formula is C19H29NO5. The lowest BCUT2D eigenvalue weighted by molar-refractivity contribution is -0.166. The van der Waals surface area contributed by atoms with Crippen LogP contribution in [0.25, 0.3) is 0 Å². The van der Waals surface area contributed by atoms with Crippen molar-refractivity contribution in [2.45, 2.75) is 71.3 Å². The second kappa shape index (κ2) is 7.44. The van der Waals surface area contributed by atoms with Crippen LogP contribution in [0.4, 0.5) is 4.79 Å². The number of amides is 1. The Kier molecular flexibility index (Phi) is 6.23. The highest BCUT2D eigenvalue weighted by Crippen LogP contribution is 2.26. The largest absolute Gasteiger partial charge is 0.453 e. The van der Waals surface area contributed by atoms with Crippen molar-refractivity contribution in [2.24, 2.45) is 0 Å². The third-order valence-electron chi connectivity index (χ3n) is 3.43. The van der Waals surface area contributed by atoms with Crippen LogP contribution >= 0.6 is 0 Å². The molecule has 0 bridgehead atoms. The molecule has 6 heteroatoms. The molecule has 140 valence electrons. The summed E-state index contributed by atoms with van der Waals surface area (Å²) in [6.07, 6.45) is -0.797. The molecular weight excluding hydrogens is 322 g/mol. The smallest absolute Gasteiger partial charge is 0.408 e. The van der Waals surface area contributed by atoms with E-state index < -0.39 is 34.9 Å². The van der Waals surface area contributed by atoms with Crippen molar-refractivity contribution < 1.29 is 24.2 Å². The summed E-state index contributed by atoms with van der Waals surface area (Å²) in [5.74, 6) is -0.743. The number of rotatable bonds is 5. The van der Waals surface area contributed by atoms with Gasteiger partial charge in [-0.15, -0.1) is 0 Å². The Morgan fingerprint density at radius 1 is 0.960 bits per heavy atom. The number of aliphatic hydroxyl groups is 1. The van der Waals surface area contributed by atoms with Gasteiger partial charge in [-0.3, -0.25) is 0 Å². The minimum absolute atomic E-state index is 0.721. The highest BCUT2D eigenvalue weighted by Gasteiger charge is 2.40. The van der Waals surface area contributed by atoms with Crippen molar-refractivity contribution in [3.63, 3.8) is 0 Å². The van der Waals surface area contributed by atoms with Crippen LogP contribution in [0.5, 0.6) is 0 Å². The highest BCUT2D eigenvalue weighted by atomic mass is 16.6. The quantitative estimate of drug-likeness (QED) is 0.796. The maximum atomic E-state index is 12.6. The standard InChI is InChI=1S/C19H29NO5/c1-17(2,3)25-16(22)20-14(18(4,5)23)15(21)24-19(6,7)13-11-9-8-10-12-13/h8-12,14,23H,1-7H3,(H,20,22)/t14-/m1/s1. The molecule has 1 atom stereocenters. The normalized spacial score (nSPS) is 13.8. The van der Waals surface area contributed by atoms with Gasteiger partial charge >= 0.3 is 12.1 Å². The fourth-order valence-electron chi connectivity index (χ4n) is 2.16. The van der Waals surface area contributed by atoms with Crippen LogP contribution in [-0.4, -0.2) is 34.4 Å². The Balaban J connectivity index is 2.93. The highest BCUT2D eigenvalue weighted by molar-refractivity contribution is 5.83. The first-order valence-corrected chi connectivity index (χ1v) is 8.23. The van der Waals surface area contributed by atoms with Crippen molar-refractivity contribution in [3.05, 3.63) is 35.9 Å². The van der Waals surface area contributed by atoms with E-state index in [0.29, 0.717) is 0 Å². The molecule has 0 unspecified atom stereocenters. The molecule has 0 fully saturated rings. The first-order valence-electron chi connectivity index (χ1n) is 8.23. The summed E-state index contributed by atoms with van der Waals surface area (Å²) in [6.45, 7) is 11.5. The monoisotopic (exact) mass is 351 g/mol. The van der Waals surface area contributed by atoms with Gasteiger partial charge in [-0.1, -0.05) is 30.3 Å². The van der Waals surface area contributed by atoms with Gasteiger partial charge in [0.15, 0.2) is 6.04 Å². The number of benzene rings is 1. The van der Waals surface area contributed by atoms with Gasteiger partial charge in [-0.2, -0.15) is 0 Å². The lowest BCUT2D eigenvalue weighted by atomic mass is 9.96. The Morgan fingerprint density at radius 2 is 1.48 bits per heavy atom. The summed E-state index contributed by atoms with van der Waals surface area (Å²) in [6, 6.07) is 7.96. The van der Waals surface area contributed by atoms with E-state index in [9.17, 15) is 14.7 Å². The van der Waals surface area contributed by atoms with Gasteiger partial charge in [0, 0.05) is 0 Å². The number of ether oxygens (including phenoxy) is 2. The molecule has 1 rings (SSSR count). The first kappa shape index (κ1) is 21.0. The third-order valence-corrected chi connectivity index (χ3v) is 3.43. The number of hydrogen-bond acceptors (Lipinski definition) is 5. The van der Waals surface area contributed by atoms with Crippen LogP contribution in [0.3, 0.4) is 0 Å². The minimum atomic E-state index is -1.53. The van der Waals surface area contributed by atoms with Gasteiger partial charge in [0.25, 0.3) is 0 Å². The van der Waals surface area contributed by atoms with Gasteiger partial charge in [0.05, 0.1) is 5.60 Å². The number of alkyl carbamates (subject to hydrolysis) is 1. The van der Waals surface area contributed by atoms with Gasteiger partial charge in [-0.05, 0) is 54.0 Å². The fraction of sp³-hybridized carbons (Fsp3) is 0.579. The van der Waals surface area contributed by atoms with E-state index in [0.717, 1.165) is 5.56 Å². The summed E-state index contributed by atoms with van der Waals surface area (Å²) in [5, 5.41) is 12.7. The molecule has 0 spiro atoms. The van der Waals surface area contributed by atoms with Gasteiger partial charge < -0.3 is 19.9 Å². The Morgan fingerprint density at radius 3 is 1.92 bits per heavy atom. The molecule has 1 amide bonds. The summed E-state index contributed by atoms with van der Waals surface area (Å²) in [7, 11) is 0. The molecule has 0 aliphatic carbocycles. The van der Waals surface area contributed by atoms with E-state index in [-0.39, 0.29) is 0 Å². The van der Waals surface area contributed by atoms with E-state index in [1.165, 1.54) is 13.8 Å². The van der Waals surface area contributed by atoms with Crippen LogP contribution in [0.2, 0.25) is 0 Å². The molecule has 0 saturated heterocycles. The minimum Gasteiger partial charge on any atom is -0.453 e. The Hall–Kier alpha value is -2.08. The number of hydrogen-bond donors (Lipinski definition) is 2. The predicted molar refractivity (Wildman–Crippen MR) is 95.0 cm³/mol. The van der Waals surface area contributed by atoms with Crippen LogP contribution in [0, 0.1) is 0 Å². The summed E-state index contributed by atoms with van der Waals surface area (Å²) >= 11 is 0. The topological polar surface area (TPSA) is 84.9 Å². The Bertz CT molecular complexity index is 596. The summed E-state index contributed by atoms with van der Waals surface area (Å²) in [5.41, 5.74) is -2.37. The fourth-order valence-corrected chi connectivity index (χ4v) is 2.16. The van der Waals surface area contributed by atoms with Crippen LogP contribution in [-0.2, 0) is 19.9 Å². The van der Waals surface area contributed by atoms with Gasteiger partial charge in [-0.25, -0.2) is 9.59 Å². The summed E-state index contributed by atoms with van der Waals surface area (Å²) < 4.78 is 10.7. The molecule has 6 nitrogen and oxygen atoms in total. The van der Waals surface area contributed by atoms with Gasteiger partial charge in [0.2, 0.25) is 0 Å². The van der Waals surface area contributed by atoms with Crippen molar-refractivity contribution in [2.75, 3.05) is 0 Å². The molecule has 2 N–H and O–H groups in total. The van der Waals surface area contributed by atoms with E-state index in [1.807, 2.05) is 30.3 Å². The van der Waals surface area contributed by atoms with Gasteiger partial charge in [0.1, 0.15) is 11.2 Å². The zero-order valence-corrected chi connectivity index (χ0v) is 16.0. The van der Waals surface area contributed by atoms with Crippen LogP contribution < -0.4 is 5.32 Å². The molecule has 1 aromatic carbocycles. The van der Waals surface area contributed by atoms with E-state index in [1.54, 1.807) is 34.6 Å². The van der Waals surface area contributed by atoms with Crippen molar-refractivity contribution in [1.29, 1.82) is 0 Å². The average molecular weight is 351 g/mol. The number of carbonyl (C=O) groups is 2. The maximum absolute atomic E-state index is 12.6. The number of carbonyl (C=O) groups excluding carboxylic acids is 2. The first-order chi connectivity index (χ1) is 11.2. The zero-order valence-electron chi connectivity index (χ0n) is 16.0. The molecule has 0 aliphatic rings. The van der Waals surface area contributed by atoms with E-state index in [2.05, 4.69) is 5.32 Å². The molecule has 0 saturated carbocycles. The maximum Gasteiger partial charge on any atom is 0.408 e. The molecule has 25 heavy (non-hydrogen) atoms. The second-order valence-electron chi connectivity index (χ2n) is 8.03. The lowest BCUT2D eigenvalue weighted by Crippen LogP contribution is -2.56. The van der Waals surface area contributed by atoms with E-state index in [4.69, 9.17) is 9.47 Å². The van der Waals surface area contributed by atoms with Crippen molar-refractivity contribution >= 4 is 12.1 Å². The molecule has 0 aromatic heterocycles. The van der Waals surface area contributed by atoms with Crippen LogP contribution in [0.1, 0.15) is 54.0 Å². The number of nitrogens with one attached hydrogen (secondary N) is 1. The Labute approximate surface area is 149 Å².